The summed E-state index contributed by atoms with van der Waals surface area (Å²) in [5, 5.41) is 0. The number of benzene rings is 1. The van der Waals surface area contributed by atoms with Crippen LogP contribution in [-0.4, -0.2) is 12.4 Å². The van der Waals surface area contributed by atoms with E-state index in [1.807, 2.05) is 0 Å². The molecule has 0 atom stereocenters. The second-order valence-electron chi connectivity index (χ2n) is 6.42. The lowest BCUT2D eigenvalue weighted by Crippen LogP contribution is -2.23. The van der Waals surface area contributed by atoms with E-state index in [1.165, 1.54) is 24.8 Å². The number of halogens is 1. The Morgan fingerprint density at radius 1 is 1.29 bits per heavy atom. The van der Waals surface area contributed by atoms with Crippen molar-refractivity contribution < 1.29 is 9.53 Å². The van der Waals surface area contributed by atoms with Crippen molar-refractivity contribution in [1.29, 1.82) is 0 Å². The van der Waals surface area contributed by atoms with Crippen LogP contribution in [-0.2, 0) is 17.6 Å². The molecule has 3 rings (SSSR count). The van der Waals surface area contributed by atoms with Gasteiger partial charge in [0, 0.05) is 28.8 Å². The molecule has 0 saturated heterocycles. The predicted molar refractivity (Wildman–Crippen MR) is 87.8 cm³/mol. The van der Waals surface area contributed by atoms with Gasteiger partial charge in [-0.25, -0.2) is 0 Å². The molecule has 1 aromatic rings. The summed E-state index contributed by atoms with van der Waals surface area (Å²) in [4.78, 5) is 12.6. The molecule has 0 spiro atoms. The minimum atomic E-state index is 0.267. The van der Waals surface area contributed by atoms with Crippen LogP contribution >= 0.6 is 15.9 Å². The minimum Gasteiger partial charge on any atom is -0.493 e. The van der Waals surface area contributed by atoms with Crippen molar-refractivity contribution in [2.24, 2.45) is 11.8 Å². The molecule has 1 saturated carbocycles. The van der Waals surface area contributed by atoms with Crippen LogP contribution in [0.15, 0.2) is 16.6 Å². The minimum absolute atomic E-state index is 0.267. The van der Waals surface area contributed by atoms with Crippen LogP contribution in [0.5, 0.6) is 5.75 Å². The number of Topliss-reactive ketones (excluding diaryl/α,β-unsaturated/α-hetero) is 1. The van der Waals surface area contributed by atoms with Gasteiger partial charge < -0.3 is 4.74 Å². The summed E-state index contributed by atoms with van der Waals surface area (Å²) >= 11 is 3.55. The van der Waals surface area contributed by atoms with E-state index in [2.05, 4.69) is 35.0 Å². The van der Waals surface area contributed by atoms with E-state index in [1.54, 1.807) is 0 Å². The van der Waals surface area contributed by atoms with Gasteiger partial charge in [0.15, 0.2) is 0 Å². The first kappa shape index (κ1) is 15.1. The third-order valence-electron chi connectivity index (χ3n) is 5.07. The van der Waals surface area contributed by atoms with Crippen LogP contribution in [0.25, 0.3) is 0 Å². The highest BCUT2D eigenvalue weighted by Gasteiger charge is 2.27. The summed E-state index contributed by atoms with van der Waals surface area (Å²) in [7, 11) is 0. The lowest BCUT2D eigenvalue weighted by Gasteiger charge is -2.27. The lowest BCUT2D eigenvalue weighted by molar-refractivity contribution is -0.123. The number of hydrogen-bond acceptors (Lipinski definition) is 2. The van der Waals surface area contributed by atoms with Gasteiger partial charge >= 0.3 is 0 Å². The summed E-state index contributed by atoms with van der Waals surface area (Å²) in [6.07, 6.45) is 7.34. The van der Waals surface area contributed by atoms with Crippen molar-refractivity contribution in [3.8, 4) is 5.75 Å². The molecule has 2 nitrogen and oxygen atoms in total. The van der Waals surface area contributed by atoms with E-state index in [-0.39, 0.29) is 5.92 Å². The highest BCUT2D eigenvalue weighted by Crippen LogP contribution is 2.36. The summed E-state index contributed by atoms with van der Waals surface area (Å²) in [5.74, 6) is 2.48. The van der Waals surface area contributed by atoms with Gasteiger partial charge in [0.05, 0.1) is 6.61 Å². The topological polar surface area (TPSA) is 26.3 Å². The highest BCUT2D eigenvalue weighted by molar-refractivity contribution is 9.10. The summed E-state index contributed by atoms with van der Waals surface area (Å²) < 4.78 is 6.79. The number of carbonyl (C=O) groups excluding carboxylic acids is 1. The maximum atomic E-state index is 12.6. The van der Waals surface area contributed by atoms with Gasteiger partial charge in [0.2, 0.25) is 0 Å². The fraction of sp³-hybridized carbons (Fsp3) is 0.611. The molecule has 1 fully saturated rings. The zero-order chi connectivity index (χ0) is 14.8. The van der Waals surface area contributed by atoms with E-state index >= 15 is 0 Å². The Bertz CT molecular complexity index is 530. The van der Waals surface area contributed by atoms with Gasteiger partial charge in [-0.3, -0.25) is 4.79 Å². The van der Waals surface area contributed by atoms with Crippen molar-refractivity contribution in [2.75, 3.05) is 6.61 Å². The van der Waals surface area contributed by atoms with E-state index in [0.717, 1.165) is 47.6 Å². The Balaban J connectivity index is 1.68. The Morgan fingerprint density at radius 3 is 2.76 bits per heavy atom. The fourth-order valence-corrected chi connectivity index (χ4v) is 4.25. The van der Waals surface area contributed by atoms with Crippen LogP contribution in [0.3, 0.4) is 0 Å². The molecule has 0 amide bonds. The first-order valence-corrected chi connectivity index (χ1v) is 8.93. The number of rotatable bonds is 4. The van der Waals surface area contributed by atoms with Gasteiger partial charge in [-0.1, -0.05) is 29.3 Å². The van der Waals surface area contributed by atoms with Crippen molar-refractivity contribution >= 4 is 21.7 Å². The van der Waals surface area contributed by atoms with E-state index < -0.39 is 0 Å². The standard InChI is InChI=1S/C18H23BrO2/c1-2-12-3-5-13(6-4-12)17(20)11-15-10-16(19)9-14-7-8-21-18(14)15/h9-10,12-13H,2-8,11H2,1H3. The Morgan fingerprint density at radius 2 is 2.05 bits per heavy atom. The molecular weight excluding hydrogens is 328 g/mol. The molecule has 0 bridgehead atoms. The average molecular weight is 351 g/mol. The average Bonchev–Trinajstić information content (AvgIpc) is 2.95. The molecule has 114 valence electrons. The molecule has 0 N–H and O–H groups in total. The molecule has 3 heteroatoms. The lowest BCUT2D eigenvalue weighted by atomic mass is 9.78. The number of ketones is 1. The molecule has 21 heavy (non-hydrogen) atoms. The van der Waals surface area contributed by atoms with Crippen molar-refractivity contribution in [3.63, 3.8) is 0 Å². The zero-order valence-corrected chi connectivity index (χ0v) is 14.2. The Hall–Kier alpha value is -0.830. The van der Waals surface area contributed by atoms with Crippen molar-refractivity contribution in [1.82, 2.24) is 0 Å². The van der Waals surface area contributed by atoms with Gasteiger partial charge in [-0.05, 0) is 49.3 Å². The SMILES string of the molecule is CCC1CCC(C(=O)Cc2cc(Br)cc3c2OCC3)CC1. The van der Waals surface area contributed by atoms with Gasteiger partial charge in [-0.2, -0.15) is 0 Å². The first-order valence-electron chi connectivity index (χ1n) is 8.14. The smallest absolute Gasteiger partial charge is 0.140 e. The van der Waals surface area contributed by atoms with E-state index in [4.69, 9.17) is 4.74 Å². The van der Waals surface area contributed by atoms with E-state index in [9.17, 15) is 4.79 Å². The number of ether oxygens (including phenoxy) is 1. The molecule has 0 unspecified atom stereocenters. The second kappa shape index (κ2) is 6.51. The van der Waals surface area contributed by atoms with Gasteiger partial charge in [0.1, 0.15) is 11.5 Å². The Labute approximate surface area is 135 Å². The van der Waals surface area contributed by atoms with Crippen LogP contribution < -0.4 is 4.74 Å². The van der Waals surface area contributed by atoms with Gasteiger partial charge in [0.25, 0.3) is 0 Å². The van der Waals surface area contributed by atoms with Crippen LogP contribution in [0.1, 0.15) is 50.2 Å². The quantitative estimate of drug-likeness (QED) is 0.785. The third-order valence-corrected chi connectivity index (χ3v) is 5.53. The second-order valence-corrected chi connectivity index (χ2v) is 7.34. The molecular formula is C18H23BrO2. The third kappa shape index (κ3) is 3.33. The molecule has 1 aliphatic heterocycles. The summed E-state index contributed by atoms with van der Waals surface area (Å²) in [6.45, 7) is 3.00. The largest absolute Gasteiger partial charge is 0.493 e. The number of carbonyl (C=O) groups is 1. The summed E-state index contributed by atoms with van der Waals surface area (Å²) in [5.41, 5.74) is 2.31. The van der Waals surface area contributed by atoms with Crippen LogP contribution in [0.2, 0.25) is 0 Å². The van der Waals surface area contributed by atoms with Gasteiger partial charge in [-0.15, -0.1) is 0 Å². The first-order chi connectivity index (χ1) is 10.2. The fourth-order valence-electron chi connectivity index (χ4n) is 3.70. The maximum absolute atomic E-state index is 12.6. The predicted octanol–water partition coefficient (Wildman–Crippen LogP) is 4.71. The van der Waals surface area contributed by atoms with Crippen LogP contribution in [0.4, 0.5) is 0 Å². The summed E-state index contributed by atoms with van der Waals surface area (Å²) in [6, 6.07) is 4.17. The Kier molecular flexibility index (Phi) is 4.68. The molecule has 0 radical (unpaired) electrons. The maximum Gasteiger partial charge on any atom is 0.140 e. The molecule has 2 aliphatic rings. The zero-order valence-electron chi connectivity index (χ0n) is 12.7. The van der Waals surface area contributed by atoms with Crippen LogP contribution in [0, 0.1) is 11.8 Å². The molecule has 1 aromatic carbocycles. The molecule has 1 heterocycles. The number of fused-ring (bicyclic) bond motifs is 1. The van der Waals surface area contributed by atoms with Crippen molar-refractivity contribution in [2.45, 2.75) is 51.9 Å². The van der Waals surface area contributed by atoms with E-state index in [0.29, 0.717) is 12.2 Å². The number of hydrogen-bond donors (Lipinski definition) is 0. The molecule has 0 aromatic heterocycles. The monoisotopic (exact) mass is 350 g/mol. The highest BCUT2D eigenvalue weighted by atomic mass is 79.9. The molecule has 1 aliphatic carbocycles. The normalized spacial score (nSPS) is 24.5. The van der Waals surface area contributed by atoms with Crippen molar-refractivity contribution in [3.05, 3.63) is 27.7 Å².